The number of carbonyl (C=O) groups is 2. The van der Waals surface area contributed by atoms with Crippen molar-refractivity contribution >= 4 is 17.6 Å². The monoisotopic (exact) mass is 343 g/mol. The fraction of sp³-hybridized carbons (Fsp3) is 0.368. The molecule has 25 heavy (non-hydrogen) atoms. The van der Waals surface area contributed by atoms with Crippen LogP contribution in [0.3, 0.4) is 0 Å². The summed E-state index contributed by atoms with van der Waals surface area (Å²) in [5, 5.41) is 9.61. The molecule has 0 radical (unpaired) electrons. The highest BCUT2D eigenvalue weighted by Crippen LogP contribution is 2.56. The number of hydrogen-bond acceptors (Lipinski definition) is 3. The van der Waals surface area contributed by atoms with Gasteiger partial charge in [-0.05, 0) is 37.6 Å². The van der Waals surface area contributed by atoms with Crippen molar-refractivity contribution in [3.05, 3.63) is 54.4 Å². The maximum atomic E-state index is 13.3. The number of aliphatic carboxylic acids is 1. The molecule has 1 aromatic rings. The summed E-state index contributed by atoms with van der Waals surface area (Å²) in [5.74, 6) is -3.42. The van der Waals surface area contributed by atoms with E-state index in [0.29, 0.717) is 12.1 Å². The second kappa shape index (κ2) is 5.26. The predicted molar refractivity (Wildman–Crippen MR) is 88.5 cm³/mol. The molecule has 1 spiro atoms. The second-order valence-corrected chi connectivity index (χ2v) is 7.00. The number of nitrogens with zero attached hydrogens (tertiary/aromatic N) is 1. The SMILES string of the molecule is C=C(C)CC1N(c2ccc(F)cc2)C(=O)C2C(C(=O)O)[C@H]3C=C[C@]21O3. The summed E-state index contributed by atoms with van der Waals surface area (Å²) in [6.07, 6.45) is 3.46. The highest BCUT2D eigenvalue weighted by molar-refractivity contribution is 6.03. The zero-order valence-corrected chi connectivity index (χ0v) is 13.7. The van der Waals surface area contributed by atoms with Crippen molar-refractivity contribution in [3.63, 3.8) is 0 Å². The molecular weight excluding hydrogens is 325 g/mol. The molecule has 1 N–H and O–H groups in total. The Morgan fingerprint density at radius 3 is 2.68 bits per heavy atom. The standard InChI is InChI=1S/C19H18FNO4/c1-10(2)9-14-19-8-7-13(25-19)15(18(23)24)16(19)17(22)21(14)12-5-3-11(20)4-6-12/h3-8,13-16H,1,9H2,2H3,(H,23,24)/t13-,14?,15?,16?,19-/m1/s1. The number of carbonyl (C=O) groups excluding carboxylic acids is 1. The molecule has 3 heterocycles. The topological polar surface area (TPSA) is 66.8 Å². The predicted octanol–water partition coefficient (Wildman–Crippen LogP) is 2.53. The number of fused-ring (bicyclic) bond motifs is 1. The summed E-state index contributed by atoms with van der Waals surface area (Å²) >= 11 is 0. The first kappa shape index (κ1) is 16.0. The number of carboxylic acids is 1. The lowest BCUT2D eigenvalue weighted by Gasteiger charge is -2.33. The lowest BCUT2D eigenvalue weighted by atomic mass is 9.74. The van der Waals surface area contributed by atoms with Gasteiger partial charge in [0.15, 0.2) is 0 Å². The molecule has 0 saturated carbocycles. The summed E-state index contributed by atoms with van der Waals surface area (Å²) in [5.41, 5.74) is 0.420. The molecule has 1 aromatic carbocycles. The number of benzene rings is 1. The van der Waals surface area contributed by atoms with Gasteiger partial charge in [0, 0.05) is 5.69 Å². The Balaban J connectivity index is 1.84. The van der Waals surface area contributed by atoms with Gasteiger partial charge >= 0.3 is 5.97 Å². The van der Waals surface area contributed by atoms with E-state index in [1.54, 1.807) is 11.0 Å². The molecule has 0 aliphatic carbocycles. The zero-order valence-electron chi connectivity index (χ0n) is 13.7. The minimum atomic E-state index is -1.04. The molecule has 2 saturated heterocycles. The second-order valence-electron chi connectivity index (χ2n) is 7.00. The van der Waals surface area contributed by atoms with E-state index in [2.05, 4.69) is 6.58 Å². The Morgan fingerprint density at radius 2 is 2.08 bits per heavy atom. The van der Waals surface area contributed by atoms with Gasteiger partial charge in [-0.25, -0.2) is 4.39 Å². The van der Waals surface area contributed by atoms with Gasteiger partial charge in [-0.15, -0.1) is 6.58 Å². The van der Waals surface area contributed by atoms with Crippen LogP contribution < -0.4 is 4.90 Å². The van der Waals surface area contributed by atoms with Gasteiger partial charge in [0.25, 0.3) is 0 Å². The van der Waals surface area contributed by atoms with E-state index in [0.717, 1.165) is 5.57 Å². The van der Waals surface area contributed by atoms with E-state index in [4.69, 9.17) is 4.74 Å². The molecule has 2 bridgehead atoms. The molecule has 3 aliphatic rings. The third-order valence-electron chi connectivity index (χ3n) is 5.35. The van der Waals surface area contributed by atoms with Crippen LogP contribution >= 0.6 is 0 Å². The summed E-state index contributed by atoms with van der Waals surface area (Å²) in [6, 6.07) is 5.23. The lowest BCUT2D eigenvalue weighted by Crippen LogP contribution is -2.45. The fourth-order valence-corrected chi connectivity index (χ4v) is 4.42. The Kier molecular flexibility index (Phi) is 3.37. The number of carboxylic acid groups (broad SMARTS) is 1. The van der Waals surface area contributed by atoms with Crippen molar-refractivity contribution in [3.8, 4) is 0 Å². The van der Waals surface area contributed by atoms with Crippen LogP contribution in [0.4, 0.5) is 10.1 Å². The van der Waals surface area contributed by atoms with Gasteiger partial charge in [-0.2, -0.15) is 0 Å². The molecule has 5 atom stereocenters. The van der Waals surface area contributed by atoms with Gasteiger partial charge in [-0.1, -0.05) is 17.7 Å². The fourth-order valence-electron chi connectivity index (χ4n) is 4.42. The van der Waals surface area contributed by atoms with Crippen LogP contribution in [0, 0.1) is 17.7 Å². The largest absolute Gasteiger partial charge is 0.481 e. The number of amides is 1. The number of ether oxygens (including phenoxy) is 1. The summed E-state index contributed by atoms with van der Waals surface area (Å²) in [6.45, 7) is 5.80. The highest BCUT2D eigenvalue weighted by atomic mass is 19.1. The van der Waals surface area contributed by atoms with E-state index in [9.17, 15) is 19.1 Å². The summed E-state index contributed by atoms with van der Waals surface area (Å²) < 4.78 is 19.3. The molecular formula is C19H18FNO4. The first-order valence-electron chi connectivity index (χ1n) is 8.18. The highest BCUT2D eigenvalue weighted by Gasteiger charge is 2.71. The smallest absolute Gasteiger partial charge is 0.310 e. The molecule has 6 heteroatoms. The van der Waals surface area contributed by atoms with E-state index in [-0.39, 0.29) is 5.91 Å². The Morgan fingerprint density at radius 1 is 1.40 bits per heavy atom. The number of anilines is 1. The van der Waals surface area contributed by atoms with Crippen molar-refractivity contribution in [2.24, 2.45) is 11.8 Å². The van der Waals surface area contributed by atoms with Crippen LogP contribution in [-0.4, -0.2) is 34.7 Å². The van der Waals surface area contributed by atoms with Crippen molar-refractivity contribution in [1.82, 2.24) is 0 Å². The normalized spacial score (nSPS) is 35.3. The lowest BCUT2D eigenvalue weighted by molar-refractivity contribution is -0.146. The molecule has 3 aliphatic heterocycles. The van der Waals surface area contributed by atoms with Gasteiger partial charge in [0.05, 0.1) is 18.1 Å². The average molecular weight is 343 g/mol. The maximum Gasteiger partial charge on any atom is 0.310 e. The van der Waals surface area contributed by atoms with Crippen LogP contribution in [0.2, 0.25) is 0 Å². The van der Waals surface area contributed by atoms with E-state index >= 15 is 0 Å². The van der Waals surface area contributed by atoms with Gasteiger partial charge in [0.2, 0.25) is 5.91 Å². The molecule has 3 unspecified atom stereocenters. The first-order chi connectivity index (χ1) is 11.8. The molecule has 5 nitrogen and oxygen atoms in total. The number of halogens is 1. The molecule has 4 rings (SSSR count). The van der Waals surface area contributed by atoms with Gasteiger partial charge < -0.3 is 14.7 Å². The quantitative estimate of drug-likeness (QED) is 0.853. The van der Waals surface area contributed by atoms with Crippen LogP contribution in [0.25, 0.3) is 0 Å². The third kappa shape index (κ3) is 2.10. The van der Waals surface area contributed by atoms with Crippen molar-refractivity contribution in [2.45, 2.75) is 31.1 Å². The summed E-state index contributed by atoms with van der Waals surface area (Å²) in [7, 11) is 0. The van der Waals surface area contributed by atoms with Crippen molar-refractivity contribution < 1.29 is 23.8 Å². The van der Waals surface area contributed by atoms with Crippen molar-refractivity contribution in [1.29, 1.82) is 0 Å². The summed E-state index contributed by atoms with van der Waals surface area (Å²) in [4.78, 5) is 26.5. The minimum Gasteiger partial charge on any atom is -0.481 e. The number of rotatable bonds is 4. The van der Waals surface area contributed by atoms with Crippen LogP contribution in [-0.2, 0) is 14.3 Å². The van der Waals surface area contributed by atoms with Crippen molar-refractivity contribution in [2.75, 3.05) is 4.90 Å². The first-order valence-corrected chi connectivity index (χ1v) is 8.18. The maximum absolute atomic E-state index is 13.3. The third-order valence-corrected chi connectivity index (χ3v) is 5.35. The minimum absolute atomic E-state index is 0.294. The number of hydrogen-bond donors (Lipinski definition) is 1. The zero-order chi connectivity index (χ0) is 17.9. The van der Waals surface area contributed by atoms with Crippen LogP contribution in [0.15, 0.2) is 48.6 Å². The average Bonchev–Trinajstić information content (AvgIpc) is 3.18. The molecule has 0 aromatic heterocycles. The van der Waals surface area contributed by atoms with Crippen LogP contribution in [0.1, 0.15) is 13.3 Å². The molecule has 130 valence electrons. The Labute approximate surface area is 144 Å². The van der Waals surface area contributed by atoms with Crippen LogP contribution in [0.5, 0.6) is 0 Å². The van der Waals surface area contributed by atoms with Gasteiger partial charge in [-0.3, -0.25) is 9.59 Å². The van der Waals surface area contributed by atoms with E-state index in [1.807, 2.05) is 13.0 Å². The van der Waals surface area contributed by atoms with Gasteiger partial charge in [0.1, 0.15) is 17.3 Å². The van der Waals surface area contributed by atoms with E-state index in [1.165, 1.54) is 24.3 Å². The Bertz CT molecular complexity index is 802. The Hall–Kier alpha value is -2.47. The molecule has 2 fully saturated rings. The molecule has 1 amide bonds. The van der Waals surface area contributed by atoms with E-state index < -0.39 is 41.4 Å².